The molecule has 0 radical (unpaired) electrons. The van der Waals surface area contributed by atoms with Crippen LogP contribution < -0.4 is 10.1 Å². The molecule has 146 valence electrons. The number of ether oxygens (including phenoxy) is 2. The molecule has 1 aromatic heterocycles. The molecule has 1 saturated carbocycles. The standard InChI is InChI=1S/C22H30N2O3/c1-5-26-22(12-6-8-16(4)14-22)21(25)24-18-10-11-19(27-15(2)3)20-17(18)9-7-13-23-20/h7,9-11,13,15-16H,5-6,8,12,14H2,1-4H3,(H,24,25)/t16-,22+/m0/s1. The van der Waals surface area contributed by atoms with Gasteiger partial charge in [-0.2, -0.15) is 0 Å². The highest BCUT2D eigenvalue weighted by Crippen LogP contribution is 2.37. The maximum atomic E-state index is 13.2. The zero-order valence-corrected chi connectivity index (χ0v) is 16.7. The lowest BCUT2D eigenvalue weighted by Crippen LogP contribution is -2.48. The molecule has 1 aromatic carbocycles. The van der Waals surface area contributed by atoms with Gasteiger partial charge in [-0.3, -0.25) is 9.78 Å². The molecule has 27 heavy (non-hydrogen) atoms. The zero-order valence-electron chi connectivity index (χ0n) is 16.7. The number of hydrogen-bond acceptors (Lipinski definition) is 4. The van der Waals surface area contributed by atoms with Crippen molar-refractivity contribution < 1.29 is 14.3 Å². The van der Waals surface area contributed by atoms with Crippen LogP contribution in [-0.4, -0.2) is 29.2 Å². The van der Waals surface area contributed by atoms with Gasteiger partial charge < -0.3 is 14.8 Å². The quantitative estimate of drug-likeness (QED) is 0.782. The number of pyridine rings is 1. The molecule has 1 aliphatic carbocycles. The minimum absolute atomic E-state index is 0.0561. The summed E-state index contributed by atoms with van der Waals surface area (Å²) in [5, 5.41) is 4.00. The van der Waals surface area contributed by atoms with Crippen molar-refractivity contribution in [2.45, 2.75) is 65.1 Å². The van der Waals surface area contributed by atoms with Crippen molar-refractivity contribution in [1.29, 1.82) is 0 Å². The molecule has 2 atom stereocenters. The Kier molecular flexibility index (Phi) is 6.00. The molecule has 0 spiro atoms. The molecule has 1 heterocycles. The molecule has 1 amide bonds. The largest absolute Gasteiger partial charge is 0.489 e. The molecular formula is C22H30N2O3. The Morgan fingerprint density at radius 2 is 2.19 bits per heavy atom. The van der Waals surface area contributed by atoms with E-state index in [0.717, 1.165) is 48.0 Å². The van der Waals surface area contributed by atoms with Crippen molar-refractivity contribution >= 4 is 22.5 Å². The second-order valence-electron chi connectivity index (χ2n) is 7.76. The Balaban J connectivity index is 1.92. The SMILES string of the molecule is CCO[C@]1(C(=O)Nc2ccc(OC(C)C)c3ncccc23)CCC[C@H](C)C1. The Morgan fingerprint density at radius 3 is 2.89 bits per heavy atom. The number of nitrogens with zero attached hydrogens (tertiary/aromatic N) is 1. The monoisotopic (exact) mass is 370 g/mol. The zero-order chi connectivity index (χ0) is 19.4. The third-order valence-corrected chi connectivity index (χ3v) is 5.13. The average molecular weight is 370 g/mol. The summed E-state index contributed by atoms with van der Waals surface area (Å²) in [5.74, 6) is 1.15. The molecule has 2 aromatic rings. The summed E-state index contributed by atoms with van der Waals surface area (Å²) in [4.78, 5) is 17.7. The number of anilines is 1. The summed E-state index contributed by atoms with van der Waals surface area (Å²) in [6, 6.07) is 7.60. The number of carbonyl (C=O) groups is 1. The van der Waals surface area contributed by atoms with Gasteiger partial charge in [-0.05, 0) is 70.2 Å². The predicted octanol–water partition coefficient (Wildman–Crippen LogP) is 4.95. The molecule has 5 heteroatoms. The number of benzene rings is 1. The molecular weight excluding hydrogens is 340 g/mol. The maximum Gasteiger partial charge on any atom is 0.256 e. The first kappa shape index (κ1) is 19.6. The van der Waals surface area contributed by atoms with Crippen LogP contribution >= 0.6 is 0 Å². The highest BCUT2D eigenvalue weighted by atomic mass is 16.5. The third-order valence-electron chi connectivity index (χ3n) is 5.13. The van der Waals surface area contributed by atoms with Crippen molar-refractivity contribution in [2.24, 2.45) is 5.92 Å². The number of rotatable bonds is 6. The van der Waals surface area contributed by atoms with Gasteiger partial charge >= 0.3 is 0 Å². The van der Waals surface area contributed by atoms with Crippen LogP contribution in [-0.2, 0) is 9.53 Å². The fraction of sp³-hybridized carbons (Fsp3) is 0.545. The summed E-state index contributed by atoms with van der Waals surface area (Å²) in [6.07, 6.45) is 5.49. The van der Waals surface area contributed by atoms with Crippen LogP contribution in [0.2, 0.25) is 0 Å². The first-order valence-electron chi connectivity index (χ1n) is 9.95. The van der Waals surface area contributed by atoms with E-state index in [-0.39, 0.29) is 12.0 Å². The first-order chi connectivity index (χ1) is 12.9. The number of fused-ring (bicyclic) bond motifs is 1. The van der Waals surface area contributed by atoms with E-state index >= 15 is 0 Å². The summed E-state index contributed by atoms with van der Waals surface area (Å²) in [7, 11) is 0. The minimum Gasteiger partial charge on any atom is -0.489 e. The van der Waals surface area contributed by atoms with Gasteiger partial charge in [-0.25, -0.2) is 0 Å². The minimum atomic E-state index is -0.742. The van der Waals surface area contributed by atoms with E-state index in [4.69, 9.17) is 9.47 Å². The average Bonchev–Trinajstić information content (AvgIpc) is 2.63. The van der Waals surface area contributed by atoms with Gasteiger partial charge in [0.15, 0.2) is 0 Å². The number of nitrogens with one attached hydrogen (secondary N) is 1. The lowest BCUT2D eigenvalue weighted by molar-refractivity contribution is -0.147. The Labute approximate surface area is 161 Å². The number of carbonyl (C=O) groups excluding carboxylic acids is 1. The maximum absolute atomic E-state index is 13.2. The number of amides is 1. The van der Waals surface area contributed by atoms with Crippen LogP contribution in [0, 0.1) is 5.92 Å². The summed E-state index contributed by atoms with van der Waals surface area (Å²) < 4.78 is 11.9. The molecule has 0 unspecified atom stereocenters. The van der Waals surface area contributed by atoms with Crippen molar-refractivity contribution in [3.63, 3.8) is 0 Å². The van der Waals surface area contributed by atoms with Crippen molar-refractivity contribution in [3.8, 4) is 5.75 Å². The number of aromatic nitrogens is 1. The lowest BCUT2D eigenvalue weighted by atomic mass is 9.78. The van der Waals surface area contributed by atoms with E-state index in [0.29, 0.717) is 12.5 Å². The fourth-order valence-corrected chi connectivity index (χ4v) is 4.02. The molecule has 0 aliphatic heterocycles. The van der Waals surface area contributed by atoms with Gasteiger partial charge in [0.1, 0.15) is 16.9 Å². The van der Waals surface area contributed by atoms with E-state index in [1.165, 1.54) is 0 Å². The van der Waals surface area contributed by atoms with Gasteiger partial charge in [0.05, 0.1) is 11.8 Å². The van der Waals surface area contributed by atoms with E-state index in [1.54, 1.807) is 6.20 Å². The smallest absolute Gasteiger partial charge is 0.256 e. The van der Waals surface area contributed by atoms with Crippen LogP contribution in [0.3, 0.4) is 0 Å². The van der Waals surface area contributed by atoms with Gasteiger partial charge in [0, 0.05) is 18.2 Å². The van der Waals surface area contributed by atoms with Crippen LogP contribution in [0.15, 0.2) is 30.5 Å². The third kappa shape index (κ3) is 4.24. The molecule has 0 saturated heterocycles. The second kappa shape index (κ2) is 8.26. The van der Waals surface area contributed by atoms with Gasteiger partial charge in [-0.1, -0.05) is 13.3 Å². The van der Waals surface area contributed by atoms with Crippen molar-refractivity contribution in [3.05, 3.63) is 30.5 Å². The van der Waals surface area contributed by atoms with E-state index < -0.39 is 5.60 Å². The Morgan fingerprint density at radius 1 is 1.37 bits per heavy atom. The van der Waals surface area contributed by atoms with E-state index in [1.807, 2.05) is 45.0 Å². The van der Waals surface area contributed by atoms with Crippen molar-refractivity contribution in [1.82, 2.24) is 4.98 Å². The summed E-state index contributed by atoms with van der Waals surface area (Å²) in [5.41, 5.74) is 0.761. The van der Waals surface area contributed by atoms with E-state index in [2.05, 4.69) is 17.2 Å². The molecule has 5 nitrogen and oxygen atoms in total. The van der Waals surface area contributed by atoms with Crippen LogP contribution in [0.4, 0.5) is 5.69 Å². The lowest BCUT2D eigenvalue weighted by Gasteiger charge is -2.38. The summed E-state index contributed by atoms with van der Waals surface area (Å²) >= 11 is 0. The van der Waals surface area contributed by atoms with Crippen LogP contribution in [0.5, 0.6) is 5.75 Å². The Hall–Kier alpha value is -2.14. The molecule has 0 bridgehead atoms. The second-order valence-corrected chi connectivity index (χ2v) is 7.76. The van der Waals surface area contributed by atoms with Crippen LogP contribution in [0.25, 0.3) is 10.9 Å². The van der Waals surface area contributed by atoms with Crippen LogP contribution in [0.1, 0.15) is 53.4 Å². The number of hydrogen-bond donors (Lipinski definition) is 1. The van der Waals surface area contributed by atoms with Gasteiger partial charge in [0.2, 0.25) is 0 Å². The fourth-order valence-electron chi connectivity index (χ4n) is 4.02. The molecule has 1 fully saturated rings. The Bertz CT molecular complexity index is 801. The van der Waals surface area contributed by atoms with Crippen molar-refractivity contribution in [2.75, 3.05) is 11.9 Å². The first-order valence-corrected chi connectivity index (χ1v) is 9.95. The highest BCUT2D eigenvalue weighted by molar-refractivity contribution is 6.05. The van der Waals surface area contributed by atoms with E-state index in [9.17, 15) is 4.79 Å². The molecule has 3 rings (SSSR count). The van der Waals surface area contributed by atoms with Gasteiger partial charge in [-0.15, -0.1) is 0 Å². The molecule has 1 aliphatic rings. The predicted molar refractivity (Wildman–Crippen MR) is 108 cm³/mol. The normalized spacial score (nSPS) is 22.8. The highest BCUT2D eigenvalue weighted by Gasteiger charge is 2.42. The van der Waals surface area contributed by atoms with Gasteiger partial charge in [0.25, 0.3) is 5.91 Å². The summed E-state index contributed by atoms with van der Waals surface area (Å²) in [6.45, 7) is 8.65. The topological polar surface area (TPSA) is 60.5 Å². The molecule has 1 N–H and O–H groups in total.